The molecule has 1 aromatic rings. The van der Waals surface area contributed by atoms with Crippen LogP contribution in [0.2, 0.25) is 0 Å². The first-order valence-corrected chi connectivity index (χ1v) is 7.83. The van der Waals surface area contributed by atoms with Crippen molar-refractivity contribution in [1.29, 1.82) is 0 Å². The highest BCUT2D eigenvalue weighted by atomic mass is 16.1. The van der Waals surface area contributed by atoms with Crippen molar-refractivity contribution in [2.24, 2.45) is 11.8 Å². The molecule has 2 rings (SSSR count). The number of para-hydroxylation sites is 1. The van der Waals surface area contributed by atoms with Gasteiger partial charge in [-0.05, 0) is 37.3 Å². The molecular formula is C17H26N2O. The summed E-state index contributed by atoms with van der Waals surface area (Å²) >= 11 is 0. The van der Waals surface area contributed by atoms with Crippen molar-refractivity contribution in [3.63, 3.8) is 0 Å². The molecule has 3 nitrogen and oxygen atoms in total. The zero-order valence-corrected chi connectivity index (χ0v) is 12.6. The number of carbonyl (C=O) groups is 1. The van der Waals surface area contributed by atoms with Crippen molar-refractivity contribution in [3.8, 4) is 0 Å². The SMILES string of the molecule is CCNc1ccccc1C(=O)NCC1CCCCC1C. The van der Waals surface area contributed by atoms with Crippen LogP contribution in [0, 0.1) is 11.8 Å². The molecule has 1 aliphatic rings. The fourth-order valence-electron chi connectivity index (χ4n) is 3.04. The van der Waals surface area contributed by atoms with Crippen molar-refractivity contribution in [2.45, 2.75) is 39.5 Å². The lowest BCUT2D eigenvalue weighted by atomic mass is 9.80. The Morgan fingerprint density at radius 1 is 1.25 bits per heavy atom. The van der Waals surface area contributed by atoms with E-state index in [2.05, 4.69) is 17.6 Å². The minimum atomic E-state index is 0.0410. The van der Waals surface area contributed by atoms with Gasteiger partial charge in [-0.15, -0.1) is 0 Å². The number of nitrogens with one attached hydrogen (secondary N) is 2. The summed E-state index contributed by atoms with van der Waals surface area (Å²) in [4.78, 5) is 12.3. The van der Waals surface area contributed by atoms with Crippen LogP contribution in [0.5, 0.6) is 0 Å². The minimum Gasteiger partial charge on any atom is -0.385 e. The number of rotatable bonds is 5. The Morgan fingerprint density at radius 3 is 2.75 bits per heavy atom. The first-order chi connectivity index (χ1) is 9.72. The topological polar surface area (TPSA) is 41.1 Å². The van der Waals surface area contributed by atoms with Crippen LogP contribution < -0.4 is 10.6 Å². The molecule has 3 heteroatoms. The molecule has 2 unspecified atom stereocenters. The molecule has 1 amide bonds. The first-order valence-electron chi connectivity index (χ1n) is 7.83. The monoisotopic (exact) mass is 274 g/mol. The smallest absolute Gasteiger partial charge is 0.253 e. The zero-order valence-electron chi connectivity index (χ0n) is 12.6. The summed E-state index contributed by atoms with van der Waals surface area (Å²) in [5.74, 6) is 1.41. The molecule has 2 N–H and O–H groups in total. The van der Waals surface area contributed by atoms with E-state index in [0.29, 0.717) is 5.92 Å². The molecule has 0 saturated heterocycles. The Kier molecular flexibility index (Phi) is 5.45. The van der Waals surface area contributed by atoms with Crippen molar-refractivity contribution < 1.29 is 4.79 Å². The van der Waals surface area contributed by atoms with E-state index >= 15 is 0 Å². The van der Waals surface area contributed by atoms with Gasteiger partial charge in [0.2, 0.25) is 0 Å². The van der Waals surface area contributed by atoms with Crippen molar-refractivity contribution in [2.75, 3.05) is 18.4 Å². The van der Waals surface area contributed by atoms with Gasteiger partial charge in [0.25, 0.3) is 5.91 Å². The van der Waals surface area contributed by atoms with E-state index in [1.54, 1.807) is 0 Å². The Labute approximate surface area is 122 Å². The Bertz CT molecular complexity index is 444. The number of hydrogen-bond acceptors (Lipinski definition) is 2. The summed E-state index contributed by atoms with van der Waals surface area (Å²) in [6.45, 7) is 5.98. The van der Waals surface area contributed by atoms with Crippen LogP contribution in [0.4, 0.5) is 5.69 Å². The quantitative estimate of drug-likeness (QED) is 0.860. The standard InChI is InChI=1S/C17H26N2O/c1-3-18-16-11-7-6-10-15(16)17(20)19-12-14-9-5-4-8-13(14)2/h6-7,10-11,13-14,18H,3-5,8-9,12H2,1-2H3,(H,19,20). The third kappa shape index (κ3) is 3.75. The normalized spacial score (nSPS) is 22.3. The van der Waals surface area contributed by atoms with Crippen LogP contribution in [0.1, 0.15) is 49.9 Å². The number of benzene rings is 1. The van der Waals surface area contributed by atoms with Crippen molar-refractivity contribution in [1.82, 2.24) is 5.32 Å². The highest BCUT2D eigenvalue weighted by molar-refractivity contribution is 5.99. The molecule has 0 spiro atoms. The van der Waals surface area contributed by atoms with E-state index in [9.17, 15) is 4.79 Å². The fraction of sp³-hybridized carbons (Fsp3) is 0.588. The molecule has 20 heavy (non-hydrogen) atoms. The highest BCUT2D eigenvalue weighted by Gasteiger charge is 2.22. The summed E-state index contributed by atoms with van der Waals surface area (Å²) < 4.78 is 0. The first kappa shape index (κ1) is 14.9. The summed E-state index contributed by atoms with van der Waals surface area (Å²) in [7, 11) is 0. The second-order valence-corrected chi connectivity index (χ2v) is 5.81. The lowest BCUT2D eigenvalue weighted by Gasteiger charge is -2.28. The van der Waals surface area contributed by atoms with E-state index in [1.807, 2.05) is 31.2 Å². The largest absolute Gasteiger partial charge is 0.385 e. The van der Waals surface area contributed by atoms with Crippen LogP contribution in [-0.4, -0.2) is 19.0 Å². The maximum absolute atomic E-state index is 12.3. The molecule has 0 bridgehead atoms. The second-order valence-electron chi connectivity index (χ2n) is 5.81. The van der Waals surface area contributed by atoms with Gasteiger partial charge in [0.15, 0.2) is 0 Å². The van der Waals surface area contributed by atoms with Gasteiger partial charge in [0.1, 0.15) is 0 Å². The maximum Gasteiger partial charge on any atom is 0.253 e. The molecule has 0 aliphatic heterocycles. The average Bonchev–Trinajstić information content (AvgIpc) is 2.47. The highest BCUT2D eigenvalue weighted by Crippen LogP contribution is 2.29. The van der Waals surface area contributed by atoms with Gasteiger partial charge < -0.3 is 10.6 Å². The predicted molar refractivity (Wildman–Crippen MR) is 84.1 cm³/mol. The Balaban J connectivity index is 1.94. The molecular weight excluding hydrogens is 248 g/mol. The van der Waals surface area contributed by atoms with Gasteiger partial charge in [-0.1, -0.05) is 38.3 Å². The van der Waals surface area contributed by atoms with Gasteiger partial charge in [0.05, 0.1) is 5.56 Å². The van der Waals surface area contributed by atoms with E-state index in [0.717, 1.165) is 30.3 Å². The number of carbonyl (C=O) groups excluding carboxylic acids is 1. The minimum absolute atomic E-state index is 0.0410. The van der Waals surface area contributed by atoms with E-state index in [-0.39, 0.29) is 5.91 Å². The second kappa shape index (κ2) is 7.32. The van der Waals surface area contributed by atoms with Crippen LogP contribution in [0.25, 0.3) is 0 Å². The number of hydrogen-bond donors (Lipinski definition) is 2. The summed E-state index contributed by atoms with van der Waals surface area (Å²) in [6, 6.07) is 7.72. The molecule has 0 heterocycles. The van der Waals surface area contributed by atoms with E-state index < -0.39 is 0 Å². The number of anilines is 1. The third-order valence-electron chi connectivity index (χ3n) is 4.35. The van der Waals surface area contributed by atoms with Gasteiger partial charge in [0, 0.05) is 18.8 Å². The van der Waals surface area contributed by atoms with Gasteiger partial charge >= 0.3 is 0 Å². The Hall–Kier alpha value is -1.51. The predicted octanol–water partition coefficient (Wildman–Crippen LogP) is 3.67. The van der Waals surface area contributed by atoms with Gasteiger partial charge in [-0.2, -0.15) is 0 Å². The fourth-order valence-corrected chi connectivity index (χ4v) is 3.04. The van der Waals surface area contributed by atoms with Gasteiger partial charge in [-0.3, -0.25) is 4.79 Å². The average molecular weight is 274 g/mol. The summed E-state index contributed by atoms with van der Waals surface area (Å²) in [5.41, 5.74) is 1.67. The zero-order chi connectivity index (χ0) is 14.4. The number of amides is 1. The van der Waals surface area contributed by atoms with Crippen LogP contribution in [0.3, 0.4) is 0 Å². The molecule has 1 saturated carbocycles. The van der Waals surface area contributed by atoms with Gasteiger partial charge in [-0.25, -0.2) is 0 Å². The lowest BCUT2D eigenvalue weighted by molar-refractivity contribution is 0.0937. The molecule has 0 radical (unpaired) electrons. The van der Waals surface area contributed by atoms with Crippen LogP contribution in [-0.2, 0) is 0 Å². The van der Waals surface area contributed by atoms with Crippen LogP contribution >= 0.6 is 0 Å². The van der Waals surface area contributed by atoms with E-state index in [4.69, 9.17) is 0 Å². The molecule has 1 aromatic carbocycles. The van der Waals surface area contributed by atoms with Crippen molar-refractivity contribution >= 4 is 11.6 Å². The van der Waals surface area contributed by atoms with E-state index in [1.165, 1.54) is 25.7 Å². The summed E-state index contributed by atoms with van der Waals surface area (Å²) in [6.07, 6.45) is 5.19. The maximum atomic E-state index is 12.3. The third-order valence-corrected chi connectivity index (χ3v) is 4.35. The summed E-state index contributed by atoms with van der Waals surface area (Å²) in [5, 5.41) is 6.36. The molecule has 110 valence electrons. The molecule has 1 fully saturated rings. The lowest BCUT2D eigenvalue weighted by Crippen LogP contribution is -2.33. The Morgan fingerprint density at radius 2 is 2.00 bits per heavy atom. The molecule has 2 atom stereocenters. The molecule has 0 aromatic heterocycles. The van der Waals surface area contributed by atoms with Crippen LogP contribution in [0.15, 0.2) is 24.3 Å². The molecule has 1 aliphatic carbocycles. The van der Waals surface area contributed by atoms with Crippen molar-refractivity contribution in [3.05, 3.63) is 29.8 Å².